The van der Waals surface area contributed by atoms with Crippen LogP contribution in [0, 0.1) is 5.92 Å². The number of carbonyl (C=O) groups excluding carboxylic acids is 1. The van der Waals surface area contributed by atoms with Crippen molar-refractivity contribution < 1.29 is 19.4 Å². The first-order valence-electron chi connectivity index (χ1n) is 8.79. The molecule has 0 saturated heterocycles. The Hall–Kier alpha value is -1.26. The highest BCUT2D eigenvalue weighted by Crippen LogP contribution is 2.27. The van der Waals surface area contributed by atoms with Crippen molar-refractivity contribution in [2.24, 2.45) is 5.92 Å². The summed E-state index contributed by atoms with van der Waals surface area (Å²) in [5, 5.41) is 11.8. The molecule has 0 heterocycles. The Labute approximate surface area is 133 Å². The van der Waals surface area contributed by atoms with E-state index < -0.39 is 18.1 Å². The van der Waals surface area contributed by atoms with Gasteiger partial charge in [-0.1, -0.05) is 64.7 Å². The molecule has 1 saturated carbocycles. The van der Waals surface area contributed by atoms with Gasteiger partial charge >= 0.3 is 12.1 Å². The van der Waals surface area contributed by atoms with Gasteiger partial charge in [-0.05, 0) is 18.8 Å². The molecule has 1 fully saturated rings. The second-order valence-corrected chi connectivity index (χ2v) is 6.33. The van der Waals surface area contributed by atoms with E-state index >= 15 is 0 Å². The van der Waals surface area contributed by atoms with Crippen molar-refractivity contribution in [2.75, 3.05) is 6.61 Å². The molecule has 1 rings (SSSR count). The minimum Gasteiger partial charge on any atom is -0.480 e. The quantitative estimate of drug-likeness (QED) is 0.595. The van der Waals surface area contributed by atoms with E-state index in [0.717, 1.165) is 32.1 Å². The molecular formula is C17H31NO4. The van der Waals surface area contributed by atoms with Crippen molar-refractivity contribution in [3.8, 4) is 0 Å². The molecule has 0 aromatic heterocycles. The lowest BCUT2D eigenvalue weighted by Gasteiger charge is -2.24. The summed E-state index contributed by atoms with van der Waals surface area (Å²) in [4.78, 5) is 23.0. The van der Waals surface area contributed by atoms with Crippen LogP contribution in [0.2, 0.25) is 0 Å². The summed E-state index contributed by atoms with van der Waals surface area (Å²) in [6, 6.07) is -0.823. The summed E-state index contributed by atoms with van der Waals surface area (Å²) >= 11 is 0. The number of alkyl carbamates (subject to hydrolysis) is 1. The van der Waals surface area contributed by atoms with Crippen molar-refractivity contribution in [3.63, 3.8) is 0 Å². The van der Waals surface area contributed by atoms with E-state index in [1.165, 1.54) is 32.1 Å². The van der Waals surface area contributed by atoms with Gasteiger partial charge < -0.3 is 15.2 Å². The molecule has 0 aromatic carbocycles. The van der Waals surface area contributed by atoms with Gasteiger partial charge in [0.05, 0.1) is 6.61 Å². The van der Waals surface area contributed by atoms with Gasteiger partial charge in [-0.2, -0.15) is 0 Å². The number of carboxylic acids is 1. The van der Waals surface area contributed by atoms with Crippen LogP contribution in [-0.4, -0.2) is 29.8 Å². The third-order valence-corrected chi connectivity index (χ3v) is 4.37. The first-order chi connectivity index (χ1) is 10.6. The zero-order valence-corrected chi connectivity index (χ0v) is 13.8. The molecule has 2 N–H and O–H groups in total. The number of carbonyl (C=O) groups is 2. The van der Waals surface area contributed by atoms with E-state index in [0.29, 0.717) is 18.9 Å². The van der Waals surface area contributed by atoms with Crippen LogP contribution < -0.4 is 5.32 Å². The zero-order chi connectivity index (χ0) is 16.2. The van der Waals surface area contributed by atoms with Crippen LogP contribution in [0.25, 0.3) is 0 Å². The lowest BCUT2D eigenvalue weighted by molar-refractivity contribution is -0.139. The summed E-state index contributed by atoms with van der Waals surface area (Å²) in [6.45, 7) is 2.52. The molecule has 0 aromatic rings. The summed E-state index contributed by atoms with van der Waals surface area (Å²) in [7, 11) is 0. The summed E-state index contributed by atoms with van der Waals surface area (Å²) < 4.78 is 5.08. The standard InChI is InChI=1S/C17H31NO4/c1-2-3-4-5-9-12-22-17(21)18-15(16(19)20)13-14-10-7-6-8-11-14/h14-15H,2-13H2,1H3,(H,18,21)(H,19,20). The third-order valence-electron chi connectivity index (χ3n) is 4.37. The fourth-order valence-corrected chi connectivity index (χ4v) is 3.03. The lowest BCUT2D eigenvalue weighted by Crippen LogP contribution is -2.42. The molecule has 1 aliphatic rings. The second-order valence-electron chi connectivity index (χ2n) is 6.33. The molecule has 22 heavy (non-hydrogen) atoms. The SMILES string of the molecule is CCCCCCCOC(=O)NC(CC1CCCCC1)C(=O)O. The minimum atomic E-state index is -0.967. The van der Waals surface area contributed by atoms with Gasteiger partial charge in [0.2, 0.25) is 0 Å². The van der Waals surface area contributed by atoms with Crippen molar-refractivity contribution in [1.82, 2.24) is 5.32 Å². The zero-order valence-electron chi connectivity index (χ0n) is 13.8. The number of amides is 1. The summed E-state index contributed by atoms with van der Waals surface area (Å²) in [5.74, 6) is -0.560. The van der Waals surface area contributed by atoms with Gasteiger partial charge in [-0.15, -0.1) is 0 Å². The monoisotopic (exact) mass is 313 g/mol. The van der Waals surface area contributed by atoms with Gasteiger partial charge in [-0.3, -0.25) is 0 Å². The molecule has 0 spiro atoms. The minimum absolute atomic E-state index is 0.366. The number of hydrogen-bond donors (Lipinski definition) is 2. The van der Waals surface area contributed by atoms with Crippen molar-refractivity contribution in [2.45, 2.75) is 83.6 Å². The highest BCUT2D eigenvalue weighted by atomic mass is 16.5. The first kappa shape index (κ1) is 18.8. The van der Waals surface area contributed by atoms with Gasteiger partial charge in [0.15, 0.2) is 0 Å². The van der Waals surface area contributed by atoms with Crippen LogP contribution in [0.5, 0.6) is 0 Å². The van der Waals surface area contributed by atoms with E-state index in [1.54, 1.807) is 0 Å². The molecule has 0 bridgehead atoms. The smallest absolute Gasteiger partial charge is 0.407 e. The highest BCUT2D eigenvalue weighted by molar-refractivity contribution is 5.79. The number of rotatable bonds is 10. The van der Waals surface area contributed by atoms with Crippen LogP contribution in [0.1, 0.15) is 77.6 Å². The Morgan fingerprint density at radius 2 is 1.82 bits per heavy atom. The third kappa shape index (κ3) is 8.25. The molecule has 1 unspecified atom stereocenters. The topological polar surface area (TPSA) is 75.6 Å². The molecule has 5 heteroatoms. The maximum Gasteiger partial charge on any atom is 0.407 e. The van der Waals surface area contributed by atoms with Crippen LogP contribution in [0.3, 0.4) is 0 Å². The molecule has 128 valence electrons. The fraction of sp³-hybridized carbons (Fsp3) is 0.882. The molecular weight excluding hydrogens is 282 g/mol. The van der Waals surface area contributed by atoms with Crippen LogP contribution in [0.15, 0.2) is 0 Å². The number of aliphatic carboxylic acids is 1. The van der Waals surface area contributed by atoms with Crippen molar-refractivity contribution in [1.29, 1.82) is 0 Å². The van der Waals surface area contributed by atoms with Crippen molar-refractivity contribution in [3.05, 3.63) is 0 Å². The summed E-state index contributed by atoms with van der Waals surface area (Å²) in [5.41, 5.74) is 0. The maximum atomic E-state index is 11.7. The van der Waals surface area contributed by atoms with Gasteiger partial charge in [-0.25, -0.2) is 9.59 Å². The second kappa shape index (κ2) is 11.3. The predicted molar refractivity (Wildman–Crippen MR) is 85.9 cm³/mol. The number of nitrogens with one attached hydrogen (secondary N) is 1. The van der Waals surface area contributed by atoms with Gasteiger partial charge in [0.25, 0.3) is 0 Å². The molecule has 1 aliphatic carbocycles. The molecule has 1 amide bonds. The molecule has 1 atom stereocenters. The predicted octanol–water partition coefficient (Wildman–Crippen LogP) is 4.11. The van der Waals surface area contributed by atoms with Crippen molar-refractivity contribution >= 4 is 12.1 Å². The van der Waals surface area contributed by atoms with E-state index in [1.807, 2.05) is 0 Å². The number of hydrogen-bond acceptors (Lipinski definition) is 3. The Balaban J connectivity index is 2.21. The van der Waals surface area contributed by atoms with Crippen LogP contribution >= 0.6 is 0 Å². The number of unbranched alkanes of at least 4 members (excludes halogenated alkanes) is 4. The average molecular weight is 313 g/mol. The van der Waals surface area contributed by atoms with E-state index in [2.05, 4.69) is 12.2 Å². The lowest BCUT2D eigenvalue weighted by atomic mass is 9.85. The van der Waals surface area contributed by atoms with Gasteiger partial charge in [0.1, 0.15) is 6.04 Å². The largest absolute Gasteiger partial charge is 0.480 e. The normalized spacial score (nSPS) is 17.0. The first-order valence-corrected chi connectivity index (χ1v) is 8.79. The van der Waals surface area contributed by atoms with Crippen LogP contribution in [-0.2, 0) is 9.53 Å². The highest BCUT2D eigenvalue weighted by Gasteiger charge is 2.25. The van der Waals surface area contributed by atoms with Crippen LogP contribution in [0.4, 0.5) is 4.79 Å². The molecule has 5 nitrogen and oxygen atoms in total. The van der Waals surface area contributed by atoms with Gasteiger partial charge in [0, 0.05) is 0 Å². The van der Waals surface area contributed by atoms with E-state index in [9.17, 15) is 14.7 Å². The fourth-order valence-electron chi connectivity index (χ4n) is 3.03. The Bertz CT molecular complexity index is 327. The maximum absolute atomic E-state index is 11.7. The molecule has 0 aliphatic heterocycles. The Kier molecular flexibility index (Phi) is 9.67. The summed E-state index contributed by atoms with van der Waals surface area (Å²) in [6.07, 6.45) is 11.0. The molecule has 0 radical (unpaired) electrons. The van der Waals surface area contributed by atoms with E-state index in [-0.39, 0.29) is 0 Å². The number of carboxylic acid groups (broad SMARTS) is 1. The van der Waals surface area contributed by atoms with E-state index in [4.69, 9.17) is 4.74 Å². The number of ether oxygens (including phenoxy) is 1. The Morgan fingerprint density at radius 1 is 1.14 bits per heavy atom. The Morgan fingerprint density at radius 3 is 2.45 bits per heavy atom. The average Bonchev–Trinajstić information content (AvgIpc) is 2.51.